The van der Waals surface area contributed by atoms with Crippen LogP contribution in [0.4, 0.5) is 0 Å². The van der Waals surface area contributed by atoms with Crippen LogP contribution >= 0.6 is 27.5 Å². The van der Waals surface area contributed by atoms with Gasteiger partial charge in [-0.1, -0.05) is 51.8 Å². The lowest BCUT2D eigenvalue weighted by molar-refractivity contribution is 0.301. The summed E-state index contributed by atoms with van der Waals surface area (Å²) >= 11 is 9.74. The highest BCUT2D eigenvalue weighted by atomic mass is 79.9. The molecule has 0 fully saturated rings. The molecular weight excluding hydrogens is 338 g/mol. The van der Waals surface area contributed by atoms with E-state index in [1.807, 2.05) is 36.4 Å². The number of para-hydroxylation sites is 1. The Morgan fingerprint density at radius 2 is 2.10 bits per heavy atom. The molecule has 0 saturated carbocycles. The van der Waals surface area contributed by atoms with Gasteiger partial charge in [0, 0.05) is 21.1 Å². The Morgan fingerprint density at radius 3 is 2.90 bits per heavy atom. The molecule has 2 aromatic rings. The molecule has 0 amide bonds. The molecule has 0 radical (unpaired) electrons. The molecule has 1 aliphatic rings. The van der Waals surface area contributed by atoms with Crippen molar-refractivity contribution in [2.24, 2.45) is 0 Å². The van der Waals surface area contributed by atoms with Crippen LogP contribution < -0.4 is 10.1 Å². The van der Waals surface area contributed by atoms with Gasteiger partial charge in [0.25, 0.3) is 0 Å². The van der Waals surface area contributed by atoms with Crippen LogP contribution in [-0.2, 0) is 0 Å². The summed E-state index contributed by atoms with van der Waals surface area (Å²) in [5, 5.41) is 4.36. The molecule has 1 N–H and O–H groups in total. The van der Waals surface area contributed by atoms with Crippen LogP contribution in [0.1, 0.15) is 30.1 Å². The van der Waals surface area contributed by atoms with Gasteiger partial charge in [-0.3, -0.25) is 0 Å². The van der Waals surface area contributed by atoms with Crippen LogP contribution in [0.15, 0.2) is 46.9 Å². The zero-order chi connectivity index (χ0) is 14.1. The van der Waals surface area contributed by atoms with Crippen LogP contribution in [0.2, 0.25) is 5.02 Å². The van der Waals surface area contributed by atoms with E-state index in [0.717, 1.165) is 20.8 Å². The van der Waals surface area contributed by atoms with E-state index in [9.17, 15) is 0 Å². The Bertz CT molecular complexity index is 632. The maximum Gasteiger partial charge on any atom is 0.124 e. The Morgan fingerprint density at radius 1 is 1.30 bits per heavy atom. The predicted octanol–water partition coefficient (Wildman–Crippen LogP) is 4.89. The molecule has 4 heteroatoms. The van der Waals surface area contributed by atoms with Crippen molar-refractivity contribution < 1.29 is 4.74 Å². The number of benzene rings is 2. The lowest BCUT2D eigenvalue weighted by Crippen LogP contribution is -2.25. The largest absolute Gasteiger partial charge is 0.491 e. The molecule has 0 saturated heterocycles. The fraction of sp³-hybridized carbons (Fsp3) is 0.250. The quantitative estimate of drug-likeness (QED) is 0.849. The molecule has 2 aromatic carbocycles. The fourth-order valence-electron chi connectivity index (χ4n) is 2.54. The Hall–Kier alpha value is -1.03. The first-order chi connectivity index (χ1) is 9.65. The van der Waals surface area contributed by atoms with E-state index in [0.29, 0.717) is 6.61 Å². The van der Waals surface area contributed by atoms with Crippen molar-refractivity contribution in [1.82, 2.24) is 5.32 Å². The Balaban J connectivity index is 1.79. The average molecular weight is 353 g/mol. The maximum atomic E-state index is 6.31. The zero-order valence-corrected chi connectivity index (χ0v) is 13.4. The van der Waals surface area contributed by atoms with Gasteiger partial charge in [-0.2, -0.15) is 0 Å². The normalized spacial score (nSPS) is 18.4. The summed E-state index contributed by atoms with van der Waals surface area (Å²) in [5.41, 5.74) is 2.31. The van der Waals surface area contributed by atoms with E-state index in [1.165, 1.54) is 5.56 Å². The second-order valence-electron chi connectivity index (χ2n) is 4.96. The SMILES string of the molecule is CC(NC1COc2ccccc21)c1ccc(Br)cc1Cl. The van der Waals surface area contributed by atoms with Gasteiger partial charge in [-0.05, 0) is 30.7 Å². The number of rotatable bonds is 3. The summed E-state index contributed by atoms with van der Waals surface area (Å²) in [6, 6.07) is 14.5. The van der Waals surface area contributed by atoms with Crippen molar-refractivity contribution in [3.05, 3.63) is 63.1 Å². The number of fused-ring (bicyclic) bond motifs is 1. The van der Waals surface area contributed by atoms with Gasteiger partial charge in [0.05, 0.1) is 6.04 Å². The van der Waals surface area contributed by atoms with Crippen LogP contribution in [0.25, 0.3) is 0 Å². The minimum absolute atomic E-state index is 0.162. The summed E-state index contributed by atoms with van der Waals surface area (Å²) < 4.78 is 6.69. The predicted molar refractivity (Wildman–Crippen MR) is 85.4 cm³/mol. The fourth-order valence-corrected chi connectivity index (χ4v) is 3.38. The highest BCUT2D eigenvalue weighted by Crippen LogP contribution is 2.34. The van der Waals surface area contributed by atoms with Gasteiger partial charge in [0.1, 0.15) is 12.4 Å². The minimum atomic E-state index is 0.162. The van der Waals surface area contributed by atoms with Gasteiger partial charge in [-0.25, -0.2) is 0 Å². The van der Waals surface area contributed by atoms with Gasteiger partial charge >= 0.3 is 0 Å². The Labute approximate surface area is 132 Å². The van der Waals surface area contributed by atoms with Crippen LogP contribution in [0.3, 0.4) is 0 Å². The molecule has 104 valence electrons. The summed E-state index contributed by atoms with van der Waals surface area (Å²) in [6.45, 7) is 2.79. The lowest BCUT2D eigenvalue weighted by atomic mass is 10.0. The maximum absolute atomic E-state index is 6.31. The molecule has 1 aliphatic heterocycles. The number of ether oxygens (including phenoxy) is 1. The molecule has 0 aromatic heterocycles. The second-order valence-corrected chi connectivity index (χ2v) is 6.28. The van der Waals surface area contributed by atoms with E-state index < -0.39 is 0 Å². The van der Waals surface area contributed by atoms with E-state index >= 15 is 0 Å². The lowest BCUT2D eigenvalue weighted by Gasteiger charge is -2.20. The average Bonchev–Trinajstić information content (AvgIpc) is 2.82. The van der Waals surface area contributed by atoms with E-state index in [2.05, 4.69) is 34.2 Å². The first-order valence-corrected chi connectivity index (χ1v) is 7.75. The van der Waals surface area contributed by atoms with E-state index in [1.54, 1.807) is 0 Å². The van der Waals surface area contributed by atoms with Crippen LogP contribution in [0.5, 0.6) is 5.75 Å². The van der Waals surface area contributed by atoms with Crippen molar-refractivity contribution in [3.8, 4) is 5.75 Å². The summed E-state index contributed by atoms with van der Waals surface area (Å²) in [7, 11) is 0. The summed E-state index contributed by atoms with van der Waals surface area (Å²) in [6.07, 6.45) is 0. The smallest absolute Gasteiger partial charge is 0.124 e. The van der Waals surface area contributed by atoms with Crippen molar-refractivity contribution in [2.75, 3.05) is 6.61 Å². The zero-order valence-electron chi connectivity index (χ0n) is 11.1. The molecule has 2 nitrogen and oxygen atoms in total. The summed E-state index contributed by atoms with van der Waals surface area (Å²) in [4.78, 5) is 0. The topological polar surface area (TPSA) is 21.3 Å². The van der Waals surface area contributed by atoms with E-state index in [4.69, 9.17) is 16.3 Å². The standard InChI is InChI=1S/C16H15BrClNO/c1-10(12-7-6-11(17)8-14(12)18)19-15-9-20-16-5-3-2-4-13(15)16/h2-8,10,15,19H,9H2,1H3. The third-order valence-corrected chi connectivity index (χ3v) is 4.40. The third-order valence-electron chi connectivity index (χ3n) is 3.58. The molecule has 0 bridgehead atoms. The number of hydrogen-bond acceptors (Lipinski definition) is 2. The van der Waals surface area contributed by atoms with Crippen molar-refractivity contribution >= 4 is 27.5 Å². The van der Waals surface area contributed by atoms with Crippen LogP contribution in [0, 0.1) is 0 Å². The molecule has 0 aliphatic carbocycles. The molecule has 2 unspecified atom stereocenters. The number of hydrogen-bond donors (Lipinski definition) is 1. The molecule has 3 rings (SSSR count). The van der Waals surface area contributed by atoms with E-state index in [-0.39, 0.29) is 12.1 Å². The van der Waals surface area contributed by atoms with Crippen molar-refractivity contribution in [3.63, 3.8) is 0 Å². The van der Waals surface area contributed by atoms with Gasteiger partial charge in [0.15, 0.2) is 0 Å². The molecule has 1 heterocycles. The molecule has 0 spiro atoms. The Kier molecular flexibility index (Phi) is 4.01. The van der Waals surface area contributed by atoms with Crippen molar-refractivity contribution in [1.29, 1.82) is 0 Å². The first-order valence-electron chi connectivity index (χ1n) is 6.58. The first kappa shape index (κ1) is 13.9. The highest BCUT2D eigenvalue weighted by Gasteiger charge is 2.25. The monoisotopic (exact) mass is 351 g/mol. The molecule has 2 atom stereocenters. The van der Waals surface area contributed by atoms with Crippen LogP contribution in [-0.4, -0.2) is 6.61 Å². The number of halogens is 2. The molecular formula is C16H15BrClNO. The van der Waals surface area contributed by atoms with Gasteiger partial charge in [0.2, 0.25) is 0 Å². The third kappa shape index (κ3) is 2.71. The summed E-state index contributed by atoms with van der Waals surface area (Å²) in [5.74, 6) is 0.971. The highest BCUT2D eigenvalue weighted by molar-refractivity contribution is 9.10. The van der Waals surface area contributed by atoms with Gasteiger partial charge in [-0.15, -0.1) is 0 Å². The minimum Gasteiger partial charge on any atom is -0.491 e. The second kappa shape index (κ2) is 5.76. The van der Waals surface area contributed by atoms with Crippen molar-refractivity contribution in [2.45, 2.75) is 19.0 Å². The number of nitrogens with one attached hydrogen (secondary N) is 1. The van der Waals surface area contributed by atoms with Gasteiger partial charge < -0.3 is 10.1 Å². The molecule has 20 heavy (non-hydrogen) atoms.